The van der Waals surface area contributed by atoms with Crippen molar-refractivity contribution < 1.29 is 60.4 Å². The summed E-state index contributed by atoms with van der Waals surface area (Å²) in [5.74, 6) is -1.07. The third-order valence-electron chi connectivity index (χ3n) is 0.230. The second kappa shape index (κ2) is 10.5. The van der Waals surface area contributed by atoms with E-state index in [1.807, 2.05) is 0 Å². The van der Waals surface area contributed by atoms with E-state index in [0.29, 0.717) is 0 Å². The molecule has 0 saturated heterocycles. The maximum Gasteiger partial charge on any atom is 1.00 e. The fraction of sp³-hybridized carbons (Fsp3) is 0.333. The molecule has 0 unspecified atom stereocenters. The first-order valence-electron chi connectivity index (χ1n) is 1.36. The molecule has 0 aliphatic carbocycles. The van der Waals surface area contributed by atoms with E-state index in [9.17, 15) is 4.79 Å². The largest absolute Gasteiger partial charge is 1.00 e. The van der Waals surface area contributed by atoms with Crippen LogP contribution in [0.3, 0.4) is 0 Å². The van der Waals surface area contributed by atoms with Crippen molar-refractivity contribution in [3.8, 4) is 6.07 Å². The minimum atomic E-state index is -1.07. The maximum absolute atomic E-state index is 9.38. The molecular weight excluding hydrogens is 170 g/mol. The minimum Gasteiger partial charge on any atom is -1.00 e. The molecule has 0 aromatic heterocycles. The van der Waals surface area contributed by atoms with Gasteiger partial charge >= 0.3 is 35.5 Å². The van der Waals surface area contributed by atoms with E-state index in [4.69, 9.17) is 10.4 Å². The molecule has 0 aliphatic rings. The molecule has 5 heteroatoms. The summed E-state index contributed by atoms with van der Waals surface area (Å²) < 4.78 is 0. The van der Waals surface area contributed by atoms with E-state index in [2.05, 4.69) is 0 Å². The van der Waals surface area contributed by atoms with Gasteiger partial charge in [-0.05, 0) is 0 Å². The van der Waals surface area contributed by atoms with Crippen molar-refractivity contribution in [2.24, 2.45) is 0 Å². The van der Waals surface area contributed by atoms with Crippen LogP contribution in [0.15, 0.2) is 0 Å². The van der Waals surface area contributed by atoms with E-state index >= 15 is 0 Å². The molecule has 36 valence electrons. The van der Waals surface area contributed by atoms with Crippen molar-refractivity contribution in [1.29, 1.82) is 5.26 Å². The molecule has 0 aliphatic heterocycles. The summed E-state index contributed by atoms with van der Waals surface area (Å²) in [4.78, 5) is 9.38. The first-order chi connectivity index (χ1) is 2.77. The number of carboxylic acid groups (broad SMARTS) is 1. The Hall–Kier alpha value is 0.583. The van der Waals surface area contributed by atoms with Crippen LogP contribution in [0.25, 0.3) is 0 Å². The van der Waals surface area contributed by atoms with Crippen LogP contribution in [-0.2, 0) is 24.3 Å². The van der Waals surface area contributed by atoms with Crippen LogP contribution < -0.4 is 29.6 Å². The van der Waals surface area contributed by atoms with Gasteiger partial charge in [0.15, 0.2) is 0 Å². The van der Waals surface area contributed by atoms with E-state index < -0.39 is 12.4 Å². The summed E-state index contributed by atoms with van der Waals surface area (Å²) in [6.07, 6.45) is -0.403. The molecule has 0 aromatic carbocycles. The summed E-state index contributed by atoms with van der Waals surface area (Å²) in [6, 6.07) is 1.47. The van der Waals surface area contributed by atoms with Gasteiger partial charge in [0.05, 0.1) is 6.07 Å². The van der Waals surface area contributed by atoms with E-state index in [-0.39, 0.29) is 50.5 Å². The molecule has 0 amide bonds. The Labute approximate surface area is 83.6 Å². The van der Waals surface area contributed by atoms with Gasteiger partial charge in [-0.25, -0.2) is 0 Å². The number of nitrogens with zero attached hydrogens (tertiary/aromatic N) is 1. The Kier molecular flexibility index (Phi) is 20.9. The molecule has 0 fully saturated rings. The van der Waals surface area contributed by atoms with E-state index in [0.717, 1.165) is 0 Å². The number of nitriles is 1. The number of carbonyl (C=O) groups is 1. The topological polar surface area (TPSA) is 61.1 Å². The molecule has 0 saturated carbocycles. The van der Waals surface area contributed by atoms with Gasteiger partial charge in [0.1, 0.15) is 6.42 Å². The van der Waals surface area contributed by atoms with Crippen molar-refractivity contribution in [3.05, 3.63) is 0 Å². The molecule has 0 atom stereocenters. The molecule has 0 rings (SSSR count). The summed E-state index contributed by atoms with van der Waals surface area (Å²) in [7, 11) is 0. The number of carboxylic acids is 1. The molecule has 3 nitrogen and oxygen atoms in total. The van der Waals surface area contributed by atoms with Crippen LogP contribution in [0.4, 0.5) is 0 Å². The van der Waals surface area contributed by atoms with Crippen LogP contribution in [-0.4, -0.2) is 11.1 Å². The zero-order valence-electron chi connectivity index (χ0n) is 5.72. The van der Waals surface area contributed by atoms with Crippen LogP contribution in [0.2, 0.25) is 0 Å². The van der Waals surface area contributed by atoms with Crippen molar-refractivity contribution >= 4 is 5.97 Å². The molecule has 0 bridgehead atoms. The number of rotatable bonds is 1. The Morgan fingerprint density at radius 3 is 2.25 bits per heavy atom. The molecule has 1 N–H and O–H groups in total. The Morgan fingerprint density at radius 1 is 1.88 bits per heavy atom. The van der Waals surface area contributed by atoms with Crippen molar-refractivity contribution in [1.82, 2.24) is 0 Å². The quantitative estimate of drug-likeness (QED) is 0.434. The Balaban J connectivity index is -0.0000000417. The summed E-state index contributed by atoms with van der Waals surface area (Å²) >= 11 is 0. The second-order valence-electron chi connectivity index (χ2n) is 0.729. The predicted octanol–water partition coefficient (Wildman–Crippen LogP) is -2.90. The number of hydrogen-bond donors (Lipinski definition) is 1. The van der Waals surface area contributed by atoms with Gasteiger partial charge in [0.25, 0.3) is 0 Å². The molecule has 0 spiro atoms. The van der Waals surface area contributed by atoms with Crippen molar-refractivity contribution in [2.45, 2.75) is 6.42 Å². The van der Waals surface area contributed by atoms with Crippen molar-refractivity contribution in [3.63, 3.8) is 0 Å². The van der Waals surface area contributed by atoms with Crippen LogP contribution in [0, 0.1) is 11.3 Å². The van der Waals surface area contributed by atoms with E-state index in [1.54, 1.807) is 0 Å². The van der Waals surface area contributed by atoms with Crippen LogP contribution >= 0.6 is 0 Å². The number of aliphatic carboxylic acids is 1. The number of hydrogen-bond acceptors (Lipinski definition) is 2. The third-order valence-corrected chi connectivity index (χ3v) is 0.230. The normalized spacial score (nSPS) is 4.88. The summed E-state index contributed by atoms with van der Waals surface area (Å²) in [5, 5.41) is 15.3. The Morgan fingerprint density at radius 2 is 2.25 bits per heavy atom. The van der Waals surface area contributed by atoms with Crippen LogP contribution in [0.1, 0.15) is 7.85 Å². The second-order valence-corrected chi connectivity index (χ2v) is 0.729. The standard InChI is InChI=1S/C3H3NO2.Na.Zn.H/c4-2-1-3(5)6;;;/h1H2,(H,5,6);;;/q;+1;;-1. The van der Waals surface area contributed by atoms with Gasteiger partial charge in [-0.15, -0.1) is 0 Å². The first-order valence-corrected chi connectivity index (χ1v) is 1.36. The monoisotopic (exact) mass is 173 g/mol. The first kappa shape index (κ1) is 15.8. The maximum atomic E-state index is 9.38. The average molecular weight is 174 g/mol. The smallest absolute Gasteiger partial charge is 1.00 e. The van der Waals surface area contributed by atoms with Gasteiger partial charge < -0.3 is 6.53 Å². The molecule has 0 heterocycles. The van der Waals surface area contributed by atoms with Crippen LogP contribution in [0.5, 0.6) is 0 Å². The zero-order valence-corrected chi connectivity index (χ0v) is 9.68. The minimum absolute atomic E-state index is 0. The van der Waals surface area contributed by atoms with Gasteiger partial charge in [0, 0.05) is 19.5 Å². The summed E-state index contributed by atoms with van der Waals surface area (Å²) in [6.45, 7) is 0. The molecular formula is C3H4NNaO2Zn. The van der Waals surface area contributed by atoms with E-state index in [1.165, 1.54) is 6.07 Å². The fourth-order valence-electron chi connectivity index (χ4n) is 0.0676. The third kappa shape index (κ3) is 16.0. The van der Waals surface area contributed by atoms with Gasteiger partial charge in [0.2, 0.25) is 0 Å². The SMILES string of the molecule is N#CCC(=O)O.[H-].[Na+].[Zn]. The average Bonchev–Trinajstić information content (AvgIpc) is 1.35. The molecule has 8 heavy (non-hydrogen) atoms. The Bertz CT molecular complexity index is 104. The molecule has 0 aromatic rings. The fourth-order valence-corrected chi connectivity index (χ4v) is 0.0676. The van der Waals surface area contributed by atoms with Crippen molar-refractivity contribution in [2.75, 3.05) is 0 Å². The van der Waals surface area contributed by atoms with Gasteiger partial charge in [-0.1, -0.05) is 0 Å². The zero-order chi connectivity index (χ0) is 4.99. The van der Waals surface area contributed by atoms with Gasteiger partial charge in [-0.3, -0.25) is 4.79 Å². The van der Waals surface area contributed by atoms with Gasteiger partial charge in [-0.2, -0.15) is 5.26 Å². The summed E-state index contributed by atoms with van der Waals surface area (Å²) in [5.41, 5.74) is 0. The molecule has 0 radical (unpaired) electrons. The predicted molar refractivity (Wildman–Crippen MR) is 19.0 cm³/mol.